The lowest BCUT2D eigenvalue weighted by Gasteiger charge is -2.24. The van der Waals surface area contributed by atoms with Crippen LogP contribution in [0.4, 0.5) is 0 Å². The lowest BCUT2D eigenvalue weighted by Crippen LogP contribution is -2.23. The van der Waals surface area contributed by atoms with Gasteiger partial charge in [-0.05, 0) is 37.0 Å². The molecule has 6 nitrogen and oxygen atoms in total. The van der Waals surface area contributed by atoms with Crippen molar-refractivity contribution in [3.05, 3.63) is 46.7 Å². The van der Waals surface area contributed by atoms with E-state index in [2.05, 4.69) is 9.89 Å². The smallest absolute Gasteiger partial charge is 0.337 e. The molecule has 25 heavy (non-hydrogen) atoms. The van der Waals surface area contributed by atoms with Gasteiger partial charge in [0, 0.05) is 12.8 Å². The van der Waals surface area contributed by atoms with Crippen molar-refractivity contribution in [3.63, 3.8) is 0 Å². The third-order valence-corrected chi connectivity index (χ3v) is 4.17. The monoisotopic (exact) mass is 345 g/mol. The van der Waals surface area contributed by atoms with E-state index in [4.69, 9.17) is 4.84 Å². The predicted octanol–water partition coefficient (Wildman–Crippen LogP) is 3.53. The number of hydrogen-bond donors (Lipinski definition) is 1. The molecular formula is C19H23NO5. The predicted molar refractivity (Wildman–Crippen MR) is 93.8 cm³/mol. The van der Waals surface area contributed by atoms with E-state index in [1.165, 1.54) is 7.11 Å². The van der Waals surface area contributed by atoms with Crippen molar-refractivity contribution < 1.29 is 24.3 Å². The molecule has 0 radical (unpaired) electrons. The van der Waals surface area contributed by atoms with Gasteiger partial charge in [0.25, 0.3) is 0 Å². The van der Waals surface area contributed by atoms with Crippen LogP contribution in [0.25, 0.3) is 0 Å². The standard InChI is InChI=1S/C19H23NO5/c1-4-15(20-25-5-2)18-16(21)10-14(11-17(18)22)12-6-8-13(9-7-12)19(23)24-3/h6-9,14,21H,4-5,10-11H2,1-3H3/b20-15-. The zero-order valence-electron chi connectivity index (χ0n) is 14.7. The maximum atomic E-state index is 12.5. The van der Waals surface area contributed by atoms with E-state index in [-0.39, 0.29) is 29.5 Å². The first-order chi connectivity index (χ1) is 12.0. The molecule has 0 saturated heterocycles. The Kier molecular flexibility index (Phi) is 6.33. The van der Waals surface area contributed by atoms with Crippen LogP contribution < -0.4 is 0 Å². The molecule has 0 aromatic heterocycles. The van der Waals surface area contributed by atoms with Gasteiger partial charge in [-0.25, -0.2) is 4.79 Å². The molecular weight excluding hydrogens is 322 g/mol. The Hall–Kier alpha value is -2.63. The van der Waals surface area contributed by atoms with Crippen LogP contribution in [0.1, 0.15) is 54.9 Å². The molecule has 2 rings (SSSR count). The summed E-state index contributed by atoms with van der Waals surface area (Å²) in [6.45, 7) is 4.08. The minimum Gasteiger partial charge on any atom is -0.511 e. The summed E-state index contributed by atoms with van der Waals surface area (Å²) >= 11 is 0. The summed E-state index contributed by atoms with van der Waals surface area (Å²) in [5.41, 5.74) is 2.10. The van der Waals surface area contributed by atoms with Gasteiger partial charge in [-0.3, -0.25) is 4.79 Å². The summed E-state index contributed by atoms with van der Waals surface area (Å²) in [4.78, 5) is 29.1. The fraction of sp³-hybridized carbons (Fsp3) is 0.421. The second kappa shape index (κ2) is 8.46. The van der Waals surface area contributed by atoms with Crippen molar-refractivity contribution in [1.82, 2.24) is 0 Å². The van der Waals surface area contributed by atoms with Gasteiger partial charge in [-0.2, -0.15) is 0 Å². The van der Waals surface area contributed by atoms with Gasteiger partial charge < -0.3 is 14.7 Å². The number of carbonyl (C=O) groups excluding carboxylic acids is 2. The van der Waals surface area contributed by atoms with Crippen LogP contribution in [-0.2, 0) is 14.4 Å². The minimum absolute atomic E-state index is 0.0404. The average Bonchev–Trinajstić information content (AvgIpc) is 2.63. The zero-order chi connectivity index (χ0) is 18.4. The lowest BCUT2D eigenvalue weighted by molar-refractivity contribution is -0.116. The van der Waals surface area contributed by atoms with E-state index in [9.17, 15) is 14.7 Å². The van der Waals surface area contributed by atoms with Crippen LogP contribution in [-0.4, -0.2) is 36.3 Å². The molecule has 0 aliphatic heterocycles. The summed E-state index contributed by atoms with van der Waals surface area (Å²) in [6.07, 6.45) is 1.13. The van der Waals surface area contributed by atoms with E-state index >= 15 is 0 Å². The number of allylic oxidation sites excluding steroid dienone is 2. The summed E-state index contributed by atoms with van der Waals surface area (Å²) in [5.74, 6) is -0.645. The number of Topliss-reactive ketones (excluding diaryl/α,β-unsaturated/α-hetero) is 1. The molecule has 1 aliphatic carbocycles. The second-order valence-corrected chi connectivity index (χ2v) is 5.77. The number of esters is 1. The Morgan fingerprint density at radius 3 is 2.44 bits per heavy atom. The molecule has 1 N–H and O–H groups in total. The van der Waals surface area contributed by atoms with Gasteiger partial charge in [0.15, 0.2) is 5.78 Å². The Morgan fingerprint density at radius 1 is 1.24 bits per heavy atom. The highest BCUT2D eigenvalue weighted by molar-refractivity contribution is 6.23. The molecule has 0 saturated carbocycles. The first-order valence-electron chi connectivity index (χ1n) is 8.34. The van der Waals surface area contributed by atoms with Gasteiger partial charge >= 0.3 is 5.97 Å². The van der Waals surface area contributed by atoms with Gasteiger partial charge in [0.05, 0.1) is 24.0 Å². The maximum absolute atomic E-state index is 12.5. The molecule has 0 heterocycles. The van der Waals surface area contributed by atoms with Crippen LogP contribution in [0.2, 0.25) is 0 Å². The number of methoxy groups -OCH3 is 1. The third kappa shape index (κ3) is 4.26. The Bertz CT molecular complexity index is 703. The molecule has 0 amide bonds. The quantitative estimate of drug-likeness (QED) is 0.484. The molecule has 134 valence electrons. The van der Waals surface area contributed by atoms with E-state index in [1.807, 2.05) is 13.8 Å². The number of oxime groups is 1. The number of ketones is 1. The number of hydrogen-bond acceptors (Lipinski definition) is 6. The first-order valence-corrected chi connectivity index (χ1v) is 8.34. The largest absolute Gasteiger partial charge is 0.511 e. The molecule has 1 atom stereocenters. The highest BCUT2D eigenvalue weighted by Crippen LogP contribution is 2.34. The Balaban J connectivity index is 2.23. The number of aliphatic hydroxyl groups is 1. The average molecular weight is 345 g/mol. The van der Waals surface area contributed by atoms with Crippen molar-refractivity contribution in [2.75, 3.05) is 13.7 Å². The normalized spacial score (nSPS) is 18.3. The van der Waals surface area contributed by atoms with Crippen molar-refractivity contribution in [1.29, 1.82) is 0 Å². The highest BCUT2D eigenvalue weighted by atomic mass is 16.6. The van der Waals surface area contributed by atoms with E-state index < -0.39 is 5.97 Å². The number of ether oxygens (including phenoxy) is 1. The molecule has 1 unspecified atom stereocenters. The SMILES string of the molecule is CCO/N=C(/CC)C1=C(O)CC(c2ccc(C(=O)OC)cc2)CC1=O. The Morgan fingerprint density at radius 2 is 1.92 bits per heavy atom. The van der Waals surface area contributed by atoms with Crippen molar-refractivity contribution >= 4 is 17.5 Å². The fourth-order valence-corrected chi connectivity index (χ4v) is 2.90. The highest BCUT2D eigenvalue weighted by Gasteiger charge is 2.31. The molecule has 6 heteroatoms. The summed E-state index contributed by atoms with van der Waals surface area (Å²) in [6, 6.07) is 6.90. The van der Waals surface area contributed by atoms with Gasteiger partial charge in [0.1, 0.15) is 12.4 Å². The molecule has 1 aromatic carbocycles. The number of rotatable bonds is 6. The minimum atomic E-state index is -0.406. The molecule has 1 aliphatic rings. The zero-order valence-corrected chi connectivity index (χ0v) is 14.7. The number of aliphatic hydroxyl groups excluding tert-OH is 1. The fourth-order valence-electron chi connectivity index (χ4n) is 2.90. The van der Waals surface area contributed by atoms with E-state index in [0.717, 1.165) is 5.56 Å². The summed E-state index contributed by atoms with van der Waals surface area (Å²) in [5, 5.41) is 14.4. The van der Waals surface area contributed by atoms with Crippen LogP contribution in [0.15, 0.2) is 40.8 Å². The summed E-state index contributed by atoms with van der Waals surface area (Å²) in [7, 11) is 1.33. The first kappa shape index (κ1) is 18.7. The number of nitrogens with zero attached hydrogens (tertiary/aromatic N) is 1. The topological polar surface area (TPSA) is 85.2 Å². The number of benzene rings is 1. The van der Waals surface area contributed by atoms with Crippen LogP contribution in [0.3, 0.4) is 0 Å². The van der Waals surface area contributed by atoms with Gasteiger partial charge in [-0.15, -0.1) is 0 Å². The van der Waals surface area contributed by atoms with Gasteiger partial charge in [-0.1, -0.05) is 24.2 Å². The molecule has 0 bridgehead atoms. The maximum Gasteiger partial charge on any atom is 0.337 e. The third-order valence-electron chi connectivity index (χ3n) is 4.17. The van der Waals surface area contributed by atoms with Crippen molar-refractivity contribution in [2.45, 2.75) is 39.0 Å². The molecule has 0 spiro atoms. The van der Waals surface area contributed by atoms with Crippen LogP contribution in [0, 0.1) is 0 Å². The molecule has 1 aromatic rings. The number of carbonyl (C=O) groups is 2. The van der Waals surface area contributed by atoms with E-state index in [0.29, 0.717) is 30.7 Å². The van der Waals surface area contributed by atoms with Crippen molar-refractivity contribution in [3.8, 4) is 0 Å². The second-order valence-electron chi connectivity index (χ2n) is 5.77. The van der Waals surface area contributed by atoms with Crippen molar-refractivity contribution in [2.24, 2.45) is 5.16 Å². The van der Waals surface area contributed by atoms with Crippen LogP contribution >= 0.6 is 0 Å². The van der Waals surface area contributed by atoms with Crippen LogP contribution in [0.5, 0.6) is 0 Å². The molecule has 0 fully saturated rings. The van der Waals surface area contributed by atoms with E-state index in [1.54, 1.807) is 24.3 Å². The Labute approximate surface area is 147 Å². The van der Waals surface area contributed by atoms with Gasteiger partial charge in [0.2, 0.25) is 0 Å². The summed E-state index contributed by atoms with van der Waals surface area (Å²) < 4.78 is 4.68. The lowest BCUT2D eigenvalue weighted by atomic mass is 9.81.